The van der Waals surface area contributed by atoms with Gasteiger partial charge in [0.1, 0.15) is 0 Å². The molecule has 0 aromatic heterocycles. The first kappa shape index (κ1) is 28.4. The molecular weight excluding hydrogens is 440 g/mol. The molecule has 0 radical (unpaired) electrons. The Kier molecular flexibility index (Phi) is 11.9. The predicted octanol–water partition coefficient (Wildman–Crippen LogP) is 5.17. The van der Waals surface area contributed by atoms with E-state index in [1.54, 1.807) is 28.4 Å². The molecule has 0 aliphatic heterocycles. The minimum absolute atomic E-state index is 0. The lowest BCUT2D eigenvalue weighted by Crippen LogP contribution is -2.32. The lowest BCUT2D eigenvalue weighted by atomic mass is 9.70. The Labute approximate surface area is 204 Å². The highest BCUT2D eigenvalue weighted by Gasteiger charge is 2.36. The van der Waals surface area contributed by atoms with E-state index in [1.165, 1.54) is 5.56 Å². The third-order valence-corrected chi connectivity index (χ3v) is 6.05. The first-order valence-corrected chi connectivity index (χ1v) is 11.0. The van der Waals surface area contributed by atoms with Crippen molar-refractivity contribution in [3.8, 4) is 29.1 Å². The van der Waals surface area contributed by atoms with Crippen LogP contribution in [0.4, 0.5) is 0 Å². The Morgan fingerprint density at radius 1 is 0.848 bits per heavy atom. The van der Waals surface area contributed by atoms with Crippen LogP contribution in [0.5, 0.6) is 23.0 Å². The second kappa shape index (κ2) is 13.8. The van der Waals surface area contributed by atoms with Crippen molar-refractivity contribution >= 4 is 12.4 Å². The van der Waals surface area contributed by atoms with Crippen molar-refractivity contribution < 1.29 is 18.9 Å². The second-order valence-corrected chi connectivity index (χ2v) is 8.10. The number of nitrogens with zero attached hydrogens (tertiary/aromatic N) is 1. The third-order valence-electron chi connectivity index (χ3n) is 6.05. The number of ether oxygens (including phenoxy) is 4. The Hall–Kier alpha value is -2.62. The Balaban J connectivity index is 0.00000544. The summed E-state index contributed by atoms with van der Waals surface area (Å²) in [6, 6.07) is 14.4. The van der Waals surface area contributed by atoms with Gasteiger partial charge in [0.05, 0.1) is 39.9 Å². The predicted molar refractivity (Wildman–Crippen MR) is 134 cm³/mol. The highest BCUT2D eigenvalue weighted by Crippen LogP contribution is 2.40. The summed E-state index contributed by atoms with van der Waals surface area (Å²) in [5, 5.41) is 13.7. The molecule has 182 valence electrons. The number of hydrogen-bond acceptors (Lipinski definition) is 6. The number of nitriles is 1. The van der Waals surface area contributed by atoms with Crippen molar-refractivity contribution in [1.82, 2.24) is 5.32 Å². The van der Waals surface area contributed by atoms with Crippen LogP contribution in [-0.4, -0.2) is 41.5 Å². The second-order valence-electron chi connectivity index (χ2n) is 8.10. The number of halogens is 1. The number of nitrogens with one attached hydrogen (secondary N) is 1. The fourth-order valence-electron chi connectivity index (χ4n) is 4.02. The van der Waals surface area contributed by atoms with Crippen LogP contribution < -0.4 is 24.3 Å². The van der Waals surface area contributed by atoms with Crippen molar-refractivity contribution in [2.75, 3.05) is 41.5 Å². The van der Waals surface area contributed by atoms with Crippen LogP contribution in [0.15, 0.2) is 36.4 Å². The van der Waals surface area contributed by atoms with E-state index in [2.05, 4.69) is 31.3 Å². The van der Waals surface area contributed by atoms with E-state index in [0.29, 0.717) is 11.5 Å². The highest BCUT2D eigenvalue weighted by atomic mass is 35.5. The summed E-state index contributed by atoms with van der Waals surface area (Å²) < 4.78 is 21.5. The molecule has 0 saturated carbocycles. The maximum Gasteiger partial charge on any atom is 0.161 e. The average Bonchev–Trinajstić information content (AvgIpc) is 2.82. The summed E-state index contributed by atoms with van der Waals surface area (Å²) >= 11 is 0. The van der Waals surface area contributed by atoms with Gasteiger partial charge in [-0.2, -0.15) is 5.26 Å². The van der Waals surface area contributed by atoms with E-state index in [-0.39, 0.29) is 18.3 Å². The molecule has 6 nitrogen and oxygen atoms in total. The van der Waals surface area contributed by atoms with Gasteiger partial charge < -0.3 is 24.3 Å². The lowest BCUT2D eigenvalue weighted by molar-refractivity contribution is 0.341. The zero-order valence-corrected chi connectivity index (χ0v) is 21.4. The summed E-state index contributed by atoms with van der Waals surface area (Å²) in [5.74, 6) is 2.97. The number of benzene rings is 2. The maximum atomic E-state index is 10.2. The molecule has 1 atom stereocenters. The molecule has 2 aromatic rings. The lowest BCUT2D eigenvalue weighted by Gasteiger charge is -2.32. The van der Waals surface area contributed by atoms with Crippen molar-refractivity contribution in [2.24, 2.45) is 5.92 Å². The highest BCUT2D eigenvalue weighted by molar-refractivity contribution is 5.85. The van der Waals surface area contributed by atoms with E-state index in [9.17, 15) is 5.26 Å². The van der Waals surface area contributed by atoms with Gasteiger partial charge in [-0.3, -0.25) is 0 Å². The van der Waals surface area contributed by atoms with Gasteiger partial charge in [-0.15, -0.1) is 12.4 Å². The molecule has 0 aliphatic rings. The largest absolute Gasteiger partial charge is 0.493 e. The zero-order valence-electron chi connectivity index (χ0n) is 20.6. The van der Waals surface area contributed by atoms with Gasteiger partial charge in [0, 0.05) is 0 Å². The summed E-state index contributed by atoms with van der Waals surface area (Å²) in [7, 11) is 6.52. The summed E-state index contributed by atoms with van der Waals surface area (Å²) in [6.07, 6.45) is 2.55. The van der Waals surface area contributed by atoms with Crippen LogP contribution in [0.25, 0.3) is 0 Å². The van der Waals surface area contributed by atoms with Crippen LogP contribution in [-0.2, 0) is 11.8 Å². The molecule has 0 fully saturated rings. The molecule has 0 aliphatic carbocycles. The van der Waals surface area contributed by atoms with E-state index >= 15 is 0 Å². The standard InChI is InChI=1S/C26H36N2O4.ClH/c1-19(2)26(18-27,21-9-11-23(30-4)25(17-21)32-6)13-7-14-28-15-12-20-8-10-22(29-3)24(16-20)31-5;/h8-11,16-17,19,28H,7,12-15H2,1-6H3;1H/t26-;/m1./s1. The van der Waals surface area contributed by atoms with Crippen molar-refractivity contribution in [3.63, 3.8) is 0 Å². The van der Waals surface area contributed by atoms with Crippen molar-refractivity contribution in [1.29, 1.82) is 5.26 Å². The normalized spacial score (nSPS) is 12.3. The monoisotopic (exact) mass is 476 g/mol. The molecular formula is C26H37ClN2O4. The first-order chi connectivity index (χ1) is 15.4. The molecule has 2 aromatic carbocycles. The smallest absolute Gasteiger partial charge is 0.161 e. The average molecular weight is 477 g/mol. The fraction of sp³-hybridized carbons (Fsp3) is 0.500. The minimum atomic E-state index is -0.579. The van der Waals surface area contributed by atoms with Crippen LogP contribution in [0, 0.1) is 17.2 Å². The van der Waals surface area contributed by atoms with Gasteiger partial charge in [0.15, 0.2) is 23.0 Å². The Bertz CT molecular complexity index is 914. The van der Waals surface area contributed by atoms with Gasteiger partial charge in [-0.05, 0) is 73.7 Å². The summed E-state index contributed by atoms with van der Waals surface area (Å²) in [5.41, 5.74) is 1.58. The number of hydrogen-bond donors (Lipinski definition) is 1. The quantitative estimate of drug-likeness (QED) is 0.402. The molecule has 0 spiro atoms. The maximum absolute atomic E-state index is 10.2. The fourth-order valence-corrected chi connectivity index (χ4v) is 4.02. The molecule has 0 bridgehead atoms. The van der Waals surface area contributed by atoms with E-state index in [4.69, 9.17) is 18.9 Å². The van der Waals surface area contributed by atoms with Gasteiger partial charge in [-0.1, -0.05) is 26.0 Å². The molecule has 0 amide bonds. The van der Waals surface area contributed by atoms with Crippen LogP contribution in [0.1, 0.15) is 37.8 Å². The SMILES string of the molecule is COc1ccc(CCNCCC[C@](C#N)(c2ccc(OC)c(OC)c2)C(C)C)cc1OC.Cl. The van der Waals surface area contributed by atoms with E-state index < -0.39 is 5.41 Å². The summed E-state index contributed by atoms with van der Waals surface area (Å²) in [6.45, 7) is 5.90. The molecule has 0 saturated heterocycles. The third kappa shape index (κ3) is 6.93. The van der Waals surface area contributed by atoms with Crippen molar-refractivity contribution in [2.45, 2.75) is 38.5 Å². The van der Waals surface area contributed by atoms with Crippen LogP contribution in [0.2, 0.25) is 0 Å². The molecule has 0 unspecified atom stereocenters. The molecule has 1 N–H and O–H groups in total. The first-order valence-electron chi connectivity index (χ1n) is 11.0. The topological polar surface area (TPSA) is 72.7 Å². The molecule has 2 rings (SSSR count). The minimum Gasteiger partial charge on any atom is -0.493 e. The van der Waals surface area contributed by atoms with E-state index in [1.807, 2.05) is 30.3 Å². The van der Waals surface area contributed by atoms with Gasteiger partial charge in [-0.25, -0.2) is 0 Å². The number of methoxy groups -OCH3 is 4. The van der Waals surface area contributed by atoms with Gasteiger partial charge in [0.25, 0.3) is 0 Å². The molecule has 0 heterocycles. The van der Waals surface area contributed by atoms with Gasteiger partial charge in [0.2, 0.25) is 0 Å². The van der Waals surface area contributed by atoms with Crippen molar-refractivity contribution in [3.05, 3.63) is 47.5 Å². The summed E-state index contributed by atoms with van der Waals surface area (Å²) in [4.78, 5) is 0. The Morgan fingerprint density at radius 3 is 1.97 bits per heavy atom. The zero-order chi connectivity index (χ0) is 23.6. The molecule has 7 heteroatoms. The molecule has 33 heavy (non-hydrogen) atoms. The van der Waals surface area contributed by atoms with Crippen LogP contribution in [0.3, 0.4) is 0 Å². The van der Waals surface area contributed by atoms with E-state index in [0.717, 1.165) is 49.4 Å². The van der Waals surface area contributed by atoms with Gasteiger partial charge >= 0.3 is 0 Å². The van der Waals surface area contributed by atoms with Crippen LogP contribution >= 0.6 is 12.4 Å². The number of rotatable bonds is 13. The Morgan fingerprint density at radius 2 is 1.42 bits per heavy atom.